The summed E-state index contributed by atoms with van der Waals surface area (Å²) in [4.78, 5) is 15.6. The number of methoxy groups -OCH3 is 2. The molecule has 0 aliphatic carbocycles. The highest BCUT2D eigenvalue weighted by Crippen LogP contribution is 2.44. The van der Waals surface area contributed by atoms with E-state index >= 15 is 0 Å². The highest BCUT2D eigenvalue weighted by Gasteiger charge is 2.33. The van der Waals surface area contributed by atoms with Gasteiger partial charge in [-0.15, -0.1) is 0 Å². The molecule has 7 nitrogen and oxygen atoms in total. The van der Waals surface area contributed by atoms with E-state index in [1.54, 1.807) is 14.2 Å². The molecule has 0 saturated carbocycles. The first-order valence-corrected chi connectivity index (χ1v) is 12.0. The van der Waals surface area contributed by atoms with Crippen LogP contribution in [0.2, 0.25) is 0 Å². The zero-order chi connectivity index (χ0) is 25.1. The van der Waals surface area contributed by atoms with Crippen molar-refractivity contribution in [2.75, 3.05) is 45.8 Å². The second kappa shape index (κ2) is 10.4. The van der Waals surface area contributed by atoms with Crippen LogP contribution in [0.3, 0.4) is 0 Å². The van der Waals surface area contributed by atoms with Crippen LogP contribution in [-0.2, 0) is 4.74 Å². The number of anilines is 1. The summed E-state index contributed by atoms with van der Waals surface area (Å²) >= 11 is 0. The molecule has 1 unspecified atom stereocenters. The number of furan rings is 1. The first-order chi connectivity index (χ1) is 17.6. The van der Waals surface area contributed by atoms with E-state index in [1.807, 2.05) is 73.7 Å². The lowest BCUT2D eigenvalue weighted by atomic mass is 9.98. The number of hydrogen-bond acceptors (Lipinski definition) is 6. The number of carbonyl (C=O) groups is 1. The molecule has 7 heteroatoms. The molecule has 0 radical (unpaired) electrons. The summed E-state index contributed by atoms with van der Waals surface area (Å²) in [6, 6.07) is 20.8. The first-order valence-electron chi connectivity index (χ1n) is 12.0. The third kappa shape index (κ3) is 4.67. The molecule has 5 rings (SSSR count). The summed E-state index contributed by atoms with van der Waals surface area (Å²) in [5.74, 6) is 1.85. The maximum atomic E-state index is 13.3. The van der Waals surface area contributed by atoms with Crippen molar-refractivity contribution in [1.82, 2.24) is 4.90 Å². The van der Waals surface area contributed by atoms with Crippen LogP contribution in [0.4, 0.5) is 5.69 Å². The minimum Gasteiger partial charge on any atom is -0.497 e. The smallest absolute Gasteiger partial charge is 0.255 e. The van der Waals surface area contributed by atoms with E-state index in [2.05, 4.69) is 10.2 Å². The van der Waals surface area contributed by atoms with E-state index in [-0.39, 0.29) is 11.9 Å². The fourth-order valence-electron chi connectivity index (χ4n) is 4.66. The number of hydrogen-bond donors (Lipinski definition) is 1. The lowest BCUT2D eigenvalue weighted by molar-refractivity contribution is 0.0202. The highest BCUT2D eigenvalue weighted by atomic mass is 16.5. The molecule has 1 aromatic heterocycles. The van der Waals surface area contributed by atoms with E-state index in [0.29, 0.717) is 60.4 Å². The van der Waals surface area contributed by atoms with Crippen molar-refractivity contribution in [1.29, 1.82) is 0 Å². The van der Waals surface area contributed by atoms with Gasteiger partial charge in [-0.2, -0.15) is 0 Å². The van der Waals surface area contributed by atoms with Crippen LogP contribution < -0.4 is 14.8 Å². The summed E-state index contributed by atoms with van der Waals surface area (Å²) in [6.45, 7) is 4.64. The average molecular weight is 487 g/mol. The van der Waals surface area contributed by atoms with Crippen LogP contribution in [0.1, 0.15) is 33.3 Å². The third-order valence-electron chi connectivity index (χ3n) is 6.57. The Kier molecular flexibility index (Phi) is 6.93. The van der Waals surface area contributed by atoms with Crippen LogP contribution >= 0.6 is 0 Å². The number of benzene rings is 3. The first kappa shape index (κ1) is 23.9. The molecule has 36 heavy (non-hydrogen) atoms. The van der Waals surface area contributed by atoms with Crippen LogP contribution in [-0.4, -0.2) is 51.3 Å². The molecule has 1 fully saturated rings. The minimum absolute atomic E-state index is 0.190. The van der Waals surface area contributed by atoms with Crippen molar-refractivity contribution in [3.05, 3.63) is 89.2 Å². The molecule has 0 bridgehead atoms. The van der Waals surface area contributed by atoms with E-state index in [4.69, 9.17) is 18.6 Å². The molecule has 0 spiro atoms. The molecule has 1 atom stereocenters. The van der Waals surface area contributed by atoms with Gasteiger partial charge in [-0.05, 0) is 43.3 Å². The van der Waals surface area contributed by atoms with Crippen LogP contribution in [0, 0.1) is 6.92 Å². The number of fused-ring (bicyclic) bond motifs is 1. The molecule has 4 aromatic rings. The Morgan fingerprint density at radius 2 is 1.72 bits per heavy atom. The van der Waals surface area contributed by atoms with Crippen LogP contribution in [0.15, 0.2) is 71.1 Å². The molecular weight excluding hydrogens is 456 g/mol. The van der Waals surface area contributed by atoms with Crippen LogP contribution in [0.25, 0.3) is 11.0 Å². The van der Waals surface area contributed by atoms with Gasteiger partial charge < -0.3 is 23.9 Å². The minimum atomic E-state index is -0.310. The Labute approximate surface area is 210 Å². The predicted molar refractivity (Wildman–Crippen MR) is 139 cm³/mol. The van der Waals surface area contributed by atoms with Crippen molar-refractivity contribution >= 4 is 22.6 Å². The number of nitrogens with one attached hydrogen (secondary N) is 1. The van der Waals surface area contributed by atoms with Gasteiger partial charge >= 0.3 is 0 Å². The van der Waals surface area contributed by atoms with E-state index in [1.165, 1.54) is 0 Å². The van der Waals surface area contributed by atoms with Gasteiger partial charge in [-0.3, -0.25) is 9.69 Å². The Hall–Kier alpha value is -3.81. The fraction of sp³-hybridized carbons (Fsp3) is 0.276. The van der Waals surface area contributed by atoms with Gasteiger partial charge in [0.15, 0.2) is 5.76 Å². The highest BCUT2D eigenvalue weighted by molar-refractivity contribution is 6.09. The molecular formula is C29H30N2O5. The Balaban J connectivity index is 1.66. The van der Waals surface area contributed by atoms with Crippen molar-refractivity contribution in [2.45, 2.75) is 13.0 Å². The molecule has 1 amide bonds. The van der Waals surface area contributed by atoms with E-state index in [0.717, 1.165) is 16.5 Å². The van der Waals surface area contributed by atoms with Gasteiger partial charge in [0.05, 0.1) is 39.2 Å². The molecule has 1 N–H and O–H groups in total. The monoisotopic (exact) mass is 486 g/mol. The third-order valence-corrected chi connectivity index (χ3v) is 6.57. The SMILES string of the molecule is COc1ccc(C(c2oc3ccccc3c2NC(=O)c2ccc(C)cc2)N2CCOCC2)c(OC)c1. The zero-order valence-electron chi connectivity index (χ0n) is 20.7. The lowest BCUT2D eigenvalue weighted by Crippen LogP contribution is -2.39. The summed E-state index contributed by atoms with van der Waals surface area (Å²) in [5.41, 5.74) is 3.97. The van der Waals surface area contributed by atoms with Gasteiger partial charge in [0.25, 0.3) is 5.91 Å². The van der Waals surface area contributed by atoms with E-state index < -0.39 is 0 Å². The number of amides is 1. The molecule has 186 valence electrons. The Bertz CT molecular complexity index is 1360. The number of aryl methyl sites for hydroxylation is 1. The zero-order valence-corrected chi connectivity index (χ0v) is 20.7. The Morgan fingerprint density at radius 1 is 0.972 bits per heavy atom. The van der Waals surface area contributed by atoms with Gasteiger partial charge in [0.2, 0.25) is 0 Å². The van der Waals surface area contributed by atoms with Gasteiger partial charge in [-0.25, -0.2) is 0 Å². The summed E-state index contributed by atoms with van der Waals surface area (Å²) < 4.78 is 23.4. The summed E-state index contributed by atoms with van der Waals surface area (Å²) in [6.07, 6.45) is 0. The van der Waals surface area contributed by atoms with Crippen molar-refractivity contribution in [2.24, 2.45) is 0 Å². The number of ether oxygens (including phenoxy) is 3. The lowest BCUT2D eigenvalue weighted by Gasteiger charge is -2.34. The topological polar surface area (TPSA) is 73.2 Å². The summed E-state index contributed by atoms with van der Waals surface area (Å²) in [5, 5.41) is 4.01. The molecule has 2 heterocycles. The molecule has 3 aromatic carbocycles. The second-order valence-electron chi connectivity index (χ2n) is 8.82. The normalized spacial score (nSPS) is 15.0. The maximum absolute atomic E-state index is 13.3. The number of para-hydroxylation sites is 1. The second-order valence-corrected chi connectivity index (χ2v) is 8.82. The number of rotatable bonds is 7. The van der Waals surface area contributed by atoms with Crippen molar-refractivity contribution < 1.29 is 23.4 Å². The number of morpholine rings is 1. The van der Waals surface area contributed by atoms with Gasteiger partial charge in [0, 0.05) is 35.7 Å². The van der Waals surface area contributed by atoms with Gasteiger partial charge in [0.1, 0.15) is 17.1 Å². The van der Waals surface area contributed by atoms with Crippen molar-refractivity contribution in [3.63, 3.8) is 0 Å². The van der Waals surface area contributed by atoms with Gasteiger partial charge in [-0.1, -0.05) is 29.8 Å². The average Bonchev–Trinajstić information content (AvgIpc) is 3.27. The largest absolute Gasteiger partial charge is 0.497 e. The summed E-state index contributed by atoms with van der Waals surface area (Å²) in [7, 11) is 3.28. The predicted octanol–water partition coefficient (Wildman–Crippen LogP) is 5.43. The Morgan fingerprint density at radius 3 is 2.44 bits per heavy atom. The van der Waals surface area contributed by atoms with Crippen molar-refractivity contribution in [3.8, 4) is 11.5 Å². The standard InChI is InChI=1S/C29H30N2O5/c1-19-8-10-20(11-9-19)29(32)30-26-22-6-4-5-7-24(22)36-28(26)27(31-14-16-35-17-15-31)23-13-12-21(33-2)18-25(23)34-3/h4-13,18,27H,14-17H2,1-3H3,(H,30,32). The fourth-order valence-corrected chi connectivity index (χ4v) is 4.66. The molecule has 1 aliphatic rings. The number of carbonyl (C=O) groups excluding carboxylic acids is 1. The molecule has 1 saturated heterocycles. The van der Waals surface area contributed by atoms with E-state index in [9.17, 15) is 4.79 Å². The quantitative estimate of drug-likeness (QED) is 0.375. The maximum Gasteiger partial charge on any atom is 0.255 e. The number of nitrogens with zero attached hydrogens (tertiary/aromatic N) is 1. The molecule has 1 aliphatic heterocycles. The van der Waals surface area contributed by atoms with Crippen LogP contribution in [0.5, 0.6) is 11.5 Å².